The van der Waals surface area contributed by atoms with Crippen LogP contribution in [0.5, 0.6) is 0 Å². The number of sulfone groups is 1. The Balaban J connectivity index is 1.85. The molecule has 3 rings (SSSR count). The SMILES string of the molecule is Nc1cc(-c2nnnn2CC2CCS(=O)(=O)C2)ccc1Cl. The predicted molar refractivity (Wildman–Crippen MR) is 79.4 cm³/mol. The molecule has 1 atom stereocenters. The molecule has 2 heterocycles. The molecule has 1 aliphatic rings. The van der Waals surface area contributed by atoms with Gasteiger partial charge in [0.25, 0.3) is 0 Å². The van der Waals surface area contributed by atoms with E-state index >= 15 is 0 Å². The second-order valence-corrected chi connectivity index (χ2v) is 7.83. The van der Waals surface area contributed by atoms with Crippen molar-refractivity contribution in [2.75, 3.05) is 17.2 Å². The topological polar surface area (TPSA) is 104 Å². The first-order chi connectivity index (χ1) is 9.94. The third kappa shape index (κ3) is 3.01. The summed E-state index contributed by atoms with van der Waals surface area (Å²) in [5, 5.41) is 12.1. The zero-order valence-corrected chi connectivity index (χ0v) is 12.7. The summed E-state index contributed by atoms with van der Waals surface area (Å²) in [6.45, 7) is 0.476. The van der Waals surface area contributed by atoms with Gasteiger partial charge in [-0.1, -0.05) is 11.6 Å². The minimum absolute atomic E-state index is 0.0434. The van der Waals surface area contributed by atoms with Crippen molar-refractivity contribution in [3.63, 3.8) is 0 Å². The van der Waals surface area contributed by atoms with Gasteiger partial charge in [0.2, 0.25) is 0 Å². The van der Waals surface area contributed by atoms with E-state index in [0.717, 1.165) is 5.56 Å². The molecule has 1 saturated heterocycles. The Bertz CT molecular complexity index is 774. The van der Waals surface area contributed by atoms with Gasteiger partial charge in [-0.15, -0.1) is 5.10 Å². The lowest BCUT2D eigenvalue weighted by atomic mass is 10.1. The number of benzene rings is 1. The van der Waals surface area contributed by atoms with E-state index in [0.29, 0.717) is 29.5 Å². The number of hydrogen-bond donors (Lipinski definition) is 1. The molecule has 0 bridgehead atoms. The van der Waals surface area contributed by atoms with Crippen LogP contribution in [0.2, 0.25) is 5.02 Å². The fraction of sp³-hybridized carbons (Fsp3) is 0.417. The van der Waals surface area contributed by atoms with Gasteiger partial charge in [0.05, 0.1) is 22.2 Å². The van der Waals surface area contributed by atoms with Crippen LogP contribution < -0.4 is 5.73 Å². The van der Waals surface area contributed by atoms with Gasteiger partial charge in [-0.2, -0.15) is 0 Å². The van der Waals surface area contributed by atoms with Crippen LogP contribution in [-0.4, -0.2) is 40.1 Å². The maximum Gasteiger partial charge on any atom is 0.182 e. The van der Waals surface area contributed by atoms with Crippen LogP contribution in [0.3, 0.4) is 0 Å². The summed E-state index contributed by atoms with van der Waals surface area (Å²) in [4.78, 5) is 0. The Kier molecular flexibility index (Phi) is 3.58. The van der Waals surface area contributed by atoms with Gasteiger partial charge in [-0.05, 0) is 41.0 Å². The summed E-state index contributed by atoms with van der Waals surface area (Å²) in [5.74, 6) is 1.03. The normalized spacial score (nSPS) is 20.7. The number of nitrogen functional groups attached to an aromatic ring is 1. The fourth-order valence-electron chi connectivity index (χ4n) is 2.48. The van der Waals surface area contributed by atoms with Crippen LogP contribution in [0.1, 0.15) is 6.42 Å². The second kappa shape index (κ2) is 5.27. The Morgan fingerprint density at radius 3 is 2.90 bits per heavy atom. The van der Waals surface area contributed by atoms with Gasteiger partial charge < -0.3 is 5.73 Å². The van der Waals surface area contributed by atoms with Gasteiger partial charge in [-0.3, -0.25) is 0 Å². The Hall–Kier alpha value is -1.67. The van der Waals surface area contributed by atoms with Crippen molar-refractivity contribution >= 4 is 27.1 Å². The molecule has 21 heavy (non-hydrogen) atoms. The average molecular weight is 328 g/mol. The maximum atomic E-state index is 11.5. The molecular weight excluding hydrogens is 314 g/mol. The average Bonchev–Trinajstić information content (AvgIpc) is 3.00. The summed E-state index contributed by atoms with van der Waals surface area (Å²) in [6, 6.07) is 5.17. The molecule has 0 radical (unpaired) electrons. The first kappa shape index (κ1) is 14.3. The Labute approximate surface area is 127 Å². The number of aromatic nitrogens is 4. The number of nitrogens with zero attached hydrogens (tertiary/aromatic N) is 4. The highest BCUT2D eigenvalue weighted by Crippen LogP contribution is 2.26. The molecule has 1 unspecified atom stereocenters. The van der Waals surface area contributed by atoms with E-state index in [2.05, 4.69) is 15.5 Å². The van der Waals surface area contributed by atoms with E-state index in [1.165, 1.54) is 0 Å². The number of tetrazole rings is 1. The second-order valence-electron chi connectivity index (χ2n) is 5.19. The van der Waals surface area contributed by atoms with E-state index in [4.69, 9.17) is 17.3 Å². The Morgan fingerprint density at radius 1 is 1.43 bits per heavy atom. The number of nitrogens with two attached hydrogens (primary N) is 1. The van der Waals surface area contributed by atoms with Crippen molar-refractivity contribution in [2.24, 2.45) is 5.92 Å². The lowest BCUT2D eigenvalue weighted by molar-refractivity contribution is 0.452. The lowest BCUT2D eigenvalue weighted by Crippen LogP contribution is -2.14. The molecule has 0 aliphatic carbocycles. The summed E-state index contributed by atoms with van der Waals surface area (Å²) in [6.07, 6.45) is 0.643. The standard InChI is InChI=1S/C12H14ClN5O2S/c13-10-2-1-9(5-11(10)14)12-15-16-17-18(12)6-8-3-4-21(19,20)7-8/h1-2,5,8H,3-4,6-7,14H2. The van der Waals surface area contributed by atoms with Crippen molar-refractivity contribution in [1.82, 2.24) is 20.2 Å². The van der Waals surface area contributed by atoms with Crippen molar-refractivity contribution in [2.45, 2.75) is 13.0 Å². The van der Waals surface area contributed by atoms with Crippen LogP contribution >= 0.6 is 11.6 Å². The van der Waals surface area contributed by atoms with E-state index in [1.807, 2.05) is 0 Å². The van der Waals surface area contributed by atoms with Crippen LogP contribution in [0.4, 0.5) is 5.69 Å². The molecule has 112 valence electrons. The number of rotatable bonds is 3. The van der Waals surface area contributed by atoms with Crippen LogP contribution in [0.15, 0.2) is 18.2 Å². The molecule has 9 heteroatoms. The van der Waals surface area contributed by atoms with E-state index in [9.17, 15) is 8.42 Å². The van der Waals surface area contributed by atoms with E-state index in [-0.39, 0.29) is 17.4 Å². The van der Waals surface area contributed by atoms with Gasteiger partial charge in [0.15, 0.2) is 15.7 Å². The summed E-state index contributed by atoms with van der Waals surface area (Å²) < 4.78 is 24.6. The zero-order valence-electron chi connectivity index (χ0n) is 11.1. The number of halogens is 1. The molecule has 7 nitrogen and oxygen atoms in total. The maximum absolute atomic E-state index is 11.5. The van der Waals surface area contributed by atoms with E-state index in [1.54, 1.807) is 22.9 Å². The molecular formula is C12H14ClN5O2S. The third-order valence-electron chi connectivity index (χ3n) is 3.54. The summed E-state index contributed by atoms with van der Waals surface area (Å²) in [5.41, 5.74) is 6.99. The van der Waals surface area contributed by atoms with Gasteiger partial charge in [-0.25, -0.2) is 13.1 Å². The highest BCUT2D eigenvalue weighted by Gasteiger charge is 2.29. The molecule has 0 amide bonds. The van der Waals surface area contributed by atoms with Crippen LogP contribution in [0, 0.1) is 5.92 Å². The zero-order chi connectivity index (χ0) is 15.0. The number of hydrogen-bond acceptors (Lipinski definition) is 6. The molecule has 1 aliphatic heterocycles. The summed E-state index contributed by atoms with van der Waals surface area (Å²) in [7, 11) is -2.91. The molecule has 2 N–H and O–H groups in total. The van der Waals surface area contributed by atoms with Crippen molar-refractivity contribution < 1.29 is 8.42 Å². The minimum atomic E-state index is -2.91. The predicted octanol–water partition coefficient (Wildman–Crippen LogP) is 1.01. The first-order valence-corrected chi connectivity index (χ1v) is 8.66. The molecule has 1 aromatic heterocycles. The molecule has 1 fully saturated rings. The van der Waals surface area contributed by atoms with Gasteiger partial charge in [0.1, 0.15) is 0 Å². The molecule has 0 saturated carbocycles. The van der Waals surface area contributed by atoms with E-state index < -0.39 is 9.84 Å². The van der Waals surface area contributed by atoms with Crippen LogP contribution in [0.25, 0.3) is 11.4 Å². The molecule has 1 aromatic carbocycles. The molecule has 0 spiro atoms. The van der Waals surface area contributed by atoms with Crippen molar-refractivity contribution in [3.05, 3.63) is 23.2 Å². The number of anilines is 1. The summed E-state index contributed by atoms with van der Waals surface area (Å²) >= 11 is 5.90. The first-order valence-electron chi connectivity index (χ1n) is 6.46. The largest absolute Gasteiger partial charge is 0.398 e. The highest BCUT2D eigenvalue weighted by atomic mass is 35.5. The van der Waals surface area contributed by atoms with Gasteiger partial charge in [0, 0.05) is 12.1 Å². The lowest BCUT2D eigenvalue weighted by Gasteiger charge is -2.09. The smallest absolute Gasteiger partial charge is 0.182 e. The van der Waals surface area contributed by atoms with Crippen molar-refractivity contribution in [1.29, 1.82) is 0 Å². The highest BCUT2D eigenvalue weighted by molar-refractivity contribution is 7.91. The third-order valence-corrected chi connectivity index (χ3v) is 5.73. The Morgan fingerprint density at radius 2 is 2.24 bits per heavy atom. The molecule has 2 aromatic rings. The quantitative estimate of drug-likeness (QED) is 0.844. The monoisotopic (exact) mass is 327 g/mol. The van der Waals surface area contributed by atoms with Crippen LogP contribution in [-0.2, 0) is 16.4 Å². The minimum Gasteiger partial charge on any atom is -0.398 e. The van der Waals surface area contributed by atoms with Crippen molar-refractivity contribution in [3.8, 4) is 11.4 Å². The van der Waals surface area contributed by atoms with Gasteiger partial charge >= 0.3 is 0 Å². The fourth-order valence-corrected chi connectivity index (χ4v) is 4.44.